The van der Waals surface area contributed by atoms with E-state index < -0.39 is 5.97 Å². The highest BCUT2D eigenvalue weighted by molar-refractivity contribution is 8.02. The first-order valence-corrected chi connectivity index (χ1v) is 4.29. The van der Waals surface area contributed by atoms with Gasteiger partial charge in [0.1, 0.15) is 0 Å². The number of thioether (sulfide) groups is 1. The van der Waals surface area contributed by atoms with Gasteiger partial charge in [-0.3, -0.25) is 4.79 Å². The summed E-state index contributed by atoms with van der Waals surface area (Å²) in [5.74, 6) is -0.733. The Morgan fingerprint density at radius 3 is 2.75 bits per heavy atom. The Kier molecular flexibility index (Phi) is 6.18. The van der Waals surface area contributed by atoms with Gasteiger partial charge in [0, 0.05) is 11.8 Å². The van der Waals surface area contributed by atoms with E-state index in [4.69, 9.17) is 5.11 Å². The van der Waals surface area contributed by atoms with Crippen molar-refractivity contribution in [3.8, 4) is 0 Å². The van der Waals surface area contributed by atoms with Gasteiger partial charge in [-0.2, -0.15) is 0 Å². The Morgan fingerprint density at radius 1 is 1.58 bits per heavy atom. The van der Waals surface area contributed by atoms with Crippen molar-refractivity contribution in [2.75, 3.05) is 12.9 Å². The number of esters is 1. The zero-order chi connectivity index (χ0) is 9.40. The Balaban J connectivity index is 3.33. The van der Waals surface area contributed by atoms with Crippen molar-refractivity contribution in [2.24, 2.45) is 0 Å². The average molecular weight is 190 g/mol. The van der Waals surface area contributed by atoms with E-state index in [-0.39, 0.29) is 5.97 Å². The molecular formula is C7H10O4S. The lowest BCUT2D eigenvalue weighted by atomic mass is 10.5. The predicted molar refractivity (Wildman–Crippen MR) is 45.9 cm³/mol. The molecule has 0 aliphatic rings. The van der Waals surface area contributed by atoms with E-state index in [1.54, 1.807) is 0 Å². The number of carboxylic acids is 1. The van der Waals surface area contributed by atoms with Crippen LogP contribution in [0, 0.1) is 0 Å². The monoisotopic (exact) mass is 190 g/mol. The van der Waals surface area contributed by atoms with Gasteiger partial charge in [0.05, 0.1) is 13.5 Å². The molecule has 0 amide bonds. The second-order valence-electron chi connectivity index (χ2n) is 1.84. The first kappa shape index (κ1) is 11.0. The van der Waals surface area contributed by atoms with Gasteiger partial charge in [-0.1, -0.05) is 0 Å². The number of carbonyl (C=O) groups is 2. The number of aliphatic carboxylic acids is 1. The van der Waals surface area contributed by atoms with Crippen LogP contribution in [0.4, 0.5) is 0 Å². The van der Waals surface area contributed by atoms with E-state index in [9.17, 15) is 9.59 Å². The highest BCUT2D eigenvalue weighted by Gasteiger charge is 1.97. The topological polar surface area (TPSA) is 63.6 Å². The highest BCUT2D eigenvalue weighted by Crippen LogP contribution is 2.04. The molecule has 68 valence electrons. The summed E-state index contributed by atoms with van der Waals surface area (Å²) in [6, 6.07) is 0. The predicted octanol–water partition coefficient (Wildman–Crippen LogP) is 0.881. The number of hydrogen-bond acceptors (Lipinski definition) is 4. The molecule has 0 aromatic heterocycles. The van der Waals surface area contributed by atoms with Crippen LogP contribution in [-0.4, -0.2) is 29.9 Å². The lowest BCUT2D eigenvalue weighted by Gasteiger charge is -1.94. The molecule has 0 radical (unpaired) electrons. The Bertz CT molecular complexity index is 188. The molecular weight excluding hydrogens is 180 g/mol. The van der Waals surface area contributed by atoms with E-state index in [0.717, 1.165) is 6.08 Å². The van der Waals surface area contributed by atoms with Gasteiger partial charge in [0.15, 0.2) is 0 Å². The van der Waals surface area contributed by atoms with E-state index in [1.807, 2.05) is 0 Å². The van der Waals surface area contributed by atoms with Crippen molar-refractivity contribution in [3.63, 3.8) is 0 Å². The quantitative estimate of drug-likeness (QED) is 0.396. The van der Waals surface area contributed by atoms with Crippen molar-refractivity contribution in [1.82, 2.24) is 0 Å². The van der Waals surface area contributed by atoms with Crippen LogP contribution < -0.4 is 0 Å². The fraction of sp³-hybridized carbons (Fsp3) is 0.429. The third-order valence-electron chi connectivity index (χ3n) is 0.959. The maximum Gasteiger partial charge on any atom is 0.328 e. The molecule has 0 aliphatic carbocycles. The van der Waals surface area contributed by atoms with Crippen LogP contribution in [-0.2, 0) is 14.3 Å². The molecule has 1 N–H and O–H groups in total. The Morgan fingerprint density at radius 2 is 2.25 bits per heavy atom. The van der Waals surface area contributed by atoms with Gasteiger partial charge in [-0.15, -0.1) is 11.8 Å². The molecule has 5 heteroatoms. The van der Waals surface area contributed by atoms with Crippen LogP contribution in [0.25, 0.3) is 0 Å². The minimum Gasteiger partial charge on any atom is -0.478 e. The summed E-state index contributed by atoms with van der Waals surface area (Å²) in [6.45, 7) is 0. The molecule has 0 spiro atoms. The number of rotatable bonds is 5. The number of carbonyl (C=O) groups excluding carboxylic acids is 1. The molecule has 0 aromatic rings. The largest absolute Gasteiger partial charge is 0.478 e. The van der Waals surface area contributed by atoms with Gasteiger partial charge in [-0.05, 0) is 5.41 Å². The number of hydrogen-bond donors (Lipinski definition) is 1. The highest BCUT2D eigenvalue weighted by atomic mass is 32.2. The molecule has 0 unspecified atom stereocenters. The van der Waals surface area contributed by atoms with E-state index in [1.165, 1.54) is 24.3 Å². The molecule has 0 bridgehead atoms. The molecule has 4 nitrogen and oxygen atoms in total. The second kappa shape index (κ2) is 6.72. The van der Waals surface area contributed by atoms with Crippen molar-refractivity contribution in [3.05, 3.63) is 11.5 Å². The third-order valence-corrected chi connectivity index (χ3v) is 1.73. The number of ether oxygens (including phenoxy) is 1. The first-order valence-electron chi connectivity index (χ1n) is 3.24. The Labute approximate surface area is 74.6 Å². The van der Waals surface area contributed by atoms with Crippen LogP contribution >= 0.6 is 11.8 Å². The van der Waals surface area contributed by atoms with E-state index >= 15 is 0 Å². The molecule has 0 aromatic carbocycles. The standard InChI is InChI=1S/C7H10O4S/c1-11-7(10)3-5-12-4-2-6(8)9/h2,4H,3,5H2,1H3,(H,8,9)/b4-2-. The van der Waals surface area contributed by atoms with Crippen molar-refractivity contribution in [2.45, 2.75) is 6.42 Å². The van der Waals surface area contributed by atoms with Gasteiger partial charge in [-0.25, -0.2) is 4.79 Å². The van der Waals surface area contributed by atoms with Gasteiger partial charge < -0.3 is 9.84 Å². The van der Waals surface area contributed by atoms with Crippen LogP contribution in [0.3, 0.4) is 0 Å². The van der Waals surface area contributed by atoms with Crippen LogP contribution in [0.15, 0.2) is 11.5 Å². The summed E-state index contributed by atoms with van der Waals surface area (Å²) in [5, 5.41) is 9.61. The van der Waals surface area contributed by atoms with Crippen LogP contribution in [0.1, 0.15) is 6.42 Å². The van der Waals surface area contributed by atoms with Gasteiger partial charge in [0.25, 0.3) is 0 Å². The SMILES string of the molecule is COC(=O)CCS/C=C\C(=O)O. The van der Waals surface area contributed by atoms with Crippen molar-refractivity contribution in [1.29, 1.82) is 0 Å². The summed E-state index contributed by atoms with van der Waals surface area (Å²) < 4.78 is 4.39. The molecule has 0 aliphatic heterocycles. The van der Waals surface area contributed by atoms with Crippen molar-refractivity contribution >= 4 is 23.7 Å². The summed E-state index contributed by atoms with van der Waals surface area (Å²) in [7, 11) is 1.32. The fourth-order valence-electron chi connectivity index (χ4n) is 0.419. The molecule has 0 atom stereocenters. The fourth-order valence-corrected chi connectivity index (χ4v) is 1.05. The minimum absolute atomic E-state index is 0.286. The normalized spacial score (nSPS) is 10.1. The first-order chi connectivity index (χ1) is 5.66. The molecule has 0 saturated heterocycles. The van der Waals surface area contributed by atoms with Crippen LogP contribution in [0.2, 0.25) is 0 Å². The summed E-state index contributed by atoms with van der Waals surface area (Å²) in [4.78, 5) is 20.5. The van der Waals surface area contributed by atoms with E-state index in [2.05, 4.69) is 4.74 Å². The summed E-state index contributed by atoms with van der Waals surface area (Å²) in [5.41, 5.74) is 0. The Hall–Kier alpha value is -0.970. The second-order valence-corrected chi connectivity index (χ2v) is 2.85. The molecule has 0 fully saturated rings. The average Bonchev–Trinajstić information content (AvgIpc) is 2.03. The molecule has 12 heavy (non-hydrogen) atoms. The smallest absolute Gasteiger partial charge is 0.328 e. The van der Waals surface area contributed by atoms with Gasteiger partial charge in [0.2, 0.25) is 0 Å². The zero-order valence-electron chi connectivity index (χ0n) is 6.65. The maximum absolute atomic E-state index is 10.5. The molecule has 0 saturated carbocycles. The molecule has 0 heterocycles. The molecule has 0 rings (SSSR count). The van der Waals surface area contributed by atoms with Gasteiger partial charge >= 0.3 is 11.9 Å². The number of carboxylic acid groups (broad SMARTS) is 1. The lowest BCUT2D eigenvalue weighted by molar-refractivity contribution is -0.140. The minimum atomic E-state index is -0.986. The van der Waals surface area contributed by atoms with Crippen LogP contribution in [0.5, 0.6) is 0 Å². The zero-order valence-corrected chi connectivity index (χ0v) is 7.47. The lowest BCUT2D eigenvalue weighted by Crippen LogP contribution is -2.00. The van der Waals surface area contributed by atoms with Crippen molar-refractivity contribution < 1.29 is 19.4 Å². The van der Waals surface area contributed by atoms with E-state index in [0.29, 0.717) is 12.2 Å². The third kappa shape index (κ3) is 7.14. The number of methoxy groups -OCH3 is 1. The summed E-state index contributed by atoms with van der Waals surface area (Å²) in [6.07, 6.45) is 1.33. The maximum atomic E-state index is 10.5. The summed E-state index contributed by atoms with van der Waals surface area (Å²) >= 11 is 1.26.